The van der Waals surface area contributed by atoms with Crippen LogP contribution in [0.4, 0.5) is 10.1 Å². The molecule has 0 aromatic heterocycles. The molecule has 6 heteroatoms. The van der Waals surface area contributed by atoms with E-state index in [2.05, 4.69) is 0 Å². The average molecular weight is 483 g/mol. The first-order valence-electron chi connectivity index (χ1n) is 11.3. The largest absolute Gasteiger partial charge is 0.337 e. The number of rotatable bonds is 5. The van der Waals surface area contributed by atoms with E-state index in [1.807, 2.05) is 54.6 Å². The summed E-state index contributed by atoms with van der Waals surface area (Å²) in [5.41, 5.74) is 3.06. The molecule has 0 bridgehead atoms. The predicted octanol–water partition coefficient (Wildman–Crippen LogP) is 6.41. The van der Waals surface area contributed by atoms with Gasteiger partial charge in [-0.25, -0.2) is 4.39 Å². The van der Waals surface area contributed by atoms with Gasteiger partial charge in [0, 0.05) is 34.5 Å². The molecule has 0 atom stereocenters. The van der Waals surface area contributed by atoms with Gasteiger partial charge in [-0.3, -0.25) is 9.59 Å². The summed E-state index contributed by atoms with van der Waals surface area (Å²) >= 11 is 1.48. The second kappa shape index (κ2) is 9.76. The Kier molecular flexibility index (Phi) is 6.38. The molecule has 1 heterocycles. The van der Waals surface area contributed by atoms with E-state index >= 15 is 0 Å². The minimum absolute atomic E-state index is 0.0604. The average Bonchev–Trinajstić information content (AvgIpc) is 2.99. The van der Waals surface area contributed by atoms with Crippen LogP contribution >= 0.6 is 11.8 Å². The molecule has 0 unspecified atom stereocenters. The van der Waals surface area contributed by atoms with Gasteiger partial charge in [-0.1, -0.05) is 72.4 Å². The lowest BCUT2D eigenvalue weighted by Crippen LogP contribution is -2.31. The van der Waals surface area contributed by atoms with Crippen LogP contribution in [0.25, 0.3) is 0 Å². The first kappa shape index (κ1) is 22.9. The summed E-state index contributed by atoms with van der Waals surface area (Å²) in [5, 5.41) is 0. The van der Waals surface area contributed by atoms with Crippen molar-refractivity contribution in [2.75, 3.05) is 11.9 Å². The van der Waals surface area contributed by atoms with Gasteiger partial charge < -0.3 is 9.80 Å². The van der Waals surface area contributed by atoms with Crippen LogP contribution in [0.2, 0.25) is 0 Å². The number of amides is 2. The highest BCUT2D eigenvalue weighted by Gasteiger charge is 2.29. The maximum atomic E-state index is 14.6. The third-order valence-electron chi connectivity index (χ3n) is 5.97. The van der Waals surface area contributed by atoms with Crippen molar-refractivity contribution in [3.8, 4) is 0 Å². The normalized spacial score (nSPS) is 12.5. The smallest absolute Gasteiger partial charge is 0.259 e. The van der Waals surface area contributed by atoms with Crippen LogP contribution in [0, 0.1) is 5.82 Å². The standard InChI is InChI=1S/C29H23FN2O2S/c1-31(18-20-9-3-2-4-10-20)28(33)21-15-16-27-25(17-21)32(19-22-11-5-7-13-24(22)30)29(34)23-12-6-8-14-26(23)35-27/h2-17H,18-19H2,1H3. The molecule has 0 fully saturated rings. The van der Waals surface area contributed by atoms with E-state index in [0.29, 0.717) is 28.9 Å². The highest BCUT2D eigenvalue weighted by atomic mass is 32.2. The van der Waals surface area contributed by atoms with Gasteiger partial charge in [0.15, 0.2) is 0 Å². The molecular formula is C29H23FN2O2S. The minimum atomic E-state index is -0.373. The number of benzene rings is 4. The summed E-state index contributed by atoms with van der Waals surface area (Å²) < 4.78 is 14.6. The maximum Gasteiger partial charge on any atom is 0.259 e. The second-order valence-corrected chi connectivity index (χ2v) is 9.49. The Labute approximate surface area is 208 Å². The van der Waals surface area contributed by atoms with Crippen LogP contribution in [-0.4, -0.2) is 23.8 Å². The van der Waals surface area contributed by atoms with Crippen LogP contribution in [0.1, 0.15) is 31.8 Å². The van der Waals surface area contributed by atoms with Crippen molar-refractivity contribution < 1.29 is 14.0 Å². The van der Waals surface area contributed by atoms with Crippen LogP contribution in [0.5, 0.6) is 0 Å². The molecule has 1 aliphatic rings. The van der Waals surface area contributed by atoms with Crippen molar-refractivity contribution in [3.63, 3.8) is 0 Å². The van der Waals surface area contributed by atoms with Gasteiger partial charge in [0.25, 0.3) is 11.8 Å². The van der Waals surface area contributed by atoms with Gasteiger partial charge in [-0.2, -0.15) is 0 Å². The molecule has 4 aromatic carbocycles. The lowest BCUT2D eigenvalue weighted by molar-refractivity contribution is 0.0784. The molecule has 4 aromatic rings. The quantitative estimate of drug-likeness (QED) is 0.330. The Morgan fingerprint density at radius 3 is 2.40 bits per heavy atom. The molecule has 5 rings (SSSR count). The van der Waals surface area contributed by atoms with Crippen molar-refractivity contribution in [2.24, 2.45) is 0 Å². The number of hydrogen-bond acceptors (Lipinski definition) is 3. The second-order valence-electron chi connectivity index (χ2n) is 8.41. The van der Waals surface area contributed by atoms with E-state index in [0.717, 1.165) is 15.4 Å². The van der Waals surface area contributed by atoms with E-state index in [1.54, 1.807) is 53.2 Å². The summed E-state index contributed by atoms with van der Waals surface area (Å²) in [5.74, 6) is -0.749. The fraction of sp³-hybridized carbons (Fsp3) is 0.103. The maximum absolute atomic E-state index is 14.6. The molecule has 0 N–H and O–H groups in total. The Morgan fingerprint density at radius 1 is 0.886 bits per heavy atom. The van der Waals surface area contributed by atoms with Crippen LogP contribution in [0.15, 0.2) is 107 Å². The van der Waals surface area contributed by atoms with Crippen molar-refractivity contribution in [1.29, 1.82) is 0 Å². The Morgan fingerprint density at radius 2 is 1.60 bits per heavy atom. The molecule has 35 heavy (non-hydrogen) atoms. The van der Waals surface area contributed by atoms with Crippen molar-refractivity contribution in [1.82, 2.24) is 4.90 Å². The third kappa shape index (κ3) is 4.70. The number of carbonyl (C=O) groups excluding carboxylic acids is 2. The molecule has 0 saturated carbocycles. The zero-order valence-electron chi connectivity index (χ0n) is 19.1. The Hall–Kier alpha value is -3.90. The summed E-state index contributed by atoms with van der Waals surface area (Å²) in [7, 11) is 1.76. The van der Waals surface area contributed by atoms with E-state index in [4.69, 9.17) is 0 Å². The van der Waals surface area contributed by atoms with Gasteiger partial charge in [0.1, 0.15) is 5.82 Å². The van der Waals surface area contributed by atoms with Gasteiger partial charge in [-0.15, -0.1) is 0 Å². The first-order valence-corrected chi connectivity index (χ1v) is 12.1. The highest BCUT2D eigenvalue weighted by molar-refractivity contribution is 7.99. The number of nitrogens with zero attached hydrogens (tertiary/aromatic N) is 2. The van der Waals surface area contributed by atoms with Crippen LogP contribution in [-0.2, 0) is 13.1 Å². The summed E-state index contributed by atoms with van der Waals surface area (Å²) in [6.07, 6.45) is 0. The van der Waals surface area contributed by atoms with Crippen molar-refractivity contribution in [2.45, 2.75) is 22.9 Å². The topological polar surface area (TPSA) is 40.6 Å². The van der Waals surface area contributed by atoms with E-state index in [-0.39, 0.29) is 24.2 Å². The van der Waals surface area contributed by atoms with Gasteiger partial charge >= 0.3 is 0 Å². The molecule has 0 radical (unpaired) electrons. The molecule has 2 amide bonds. The van der Waals surface area contributed by atoms with E-state index in [1.165, 1.54) is 17.8 Å². The molecule has 0 saturated heterocycles. The lowest BCUT2D eigenvalue weighted by Gasteiger charge is -2.25. The van der Waals surface area contributed by atoms with Crippen molar-refractivity contribution >= 4 is 29.3 Å². The van der Waals surface area contributed by atoms with E-state index < -0.39 is 0 Å². The van der Waals surface area contributed by atoms with Gasteiger partial charge in [-0.05, 0) is 42.0 Å². The van der Waals surface area contributed by atoms with Gasteiger partial charge in [0.05, 0.1) is 17.8 Å². The fourth-order valence-corrected chi connectivity index (χ4v) is 5.22. The SMILES string of the molecule is CN(Cc1ccccc1)C(=O)c1ccc2c(c1)N(Cc1ccccc1F)C(=O)c1ccccc1S2. The number of halogens is 1. The molecule has 4 nitrogen and oxygen atoms in total. The zero-order valence-corrected chi connectivity index (χ0v) is 20.0. The number of carbonyl (C=O) groups is 2. The molecule has 1 aliphatic heterocycles. The van der Waals surface area contributed by atoms with Crippen molar-refractivity contribution in [3.05, 3.63) is 125 Å². The number of anilines is 1. The zero-order chi connectivity index (χ0) is 24.4. The van der Waals surface area contributed by atoms with E-state index in [9.17, 15) is 14.0 Å². The van der Waals surface area contributed by atoms with Gasteiger partial charge in [0.2, 0.25) is 0 Å². The van der Waals surface area contributed by atoms with Crippen LogP contribution in [0.3, 0.4) is 0 Å². The Bertz CT molecular complexity index is 1410. The first-order chi connectivity index (χ1) is 17.0. The molecule has 0 spiro atoms. The third-order valence-corrected chi connectivity index (χ3v) is 7.12. The molecular weight excluding hydrogens is 459 g/mol. The van der Waals surface area contributed by atoms with Crippen LogP contribution < -0.4 is 4.90 Å². The minimum Gasteiger partial charge on any atom is -0.337 e. The summed E-state index contributed by atoms with van der Waals surface area (Å²) in [6.45, 7) is 0.528. The fourth-order valence-electron chi connectivity index (χ4n) is 4.16. The highest BCUT2D eigenvalue weighted by Crippen LogP contribution is 2.42. The molecule has 174 valence electrons. The Balaban J connectivity index is 1.54. The number of hydrogen-bond donors (Lipinski definition) is 0. The number of fused-ring (bicyclic) bond motifs is 2. The monoisotopic (exact) mass is 482 g/mol. The summed E-state index contributed by atoms with van der Waals surface area (Å²) in [4.78, 5) is 31.8. The predicted molar refractivity (Wildman–Crippen MR) is 136 cm³/mol. The molecule has 0 aliphatic carbocycles. The lowest BCUT2D eigenvalue weighted by atomic mass is 10.1. The summed E-state index contributed by atoms with van der Waals surface area (Å²) in [6, 6.07) is 29.0.